The minimum absolute atomic E-state index is 0.285. The molecule has 6 aromatic rings. The van der Waals surface area contributed by atoms with Crippen LogP contribution in [0.5, 0.6) is 0 Å². The summed E-state index contributed by atoms with van der Waals surface area (Å²) in [5.74, 6) is -0.570. The molecule has 2 aromatic heterocycles. The molecule has 2 amide bonds. The molecule has 0 aliphatic carbocycles. The van der Waals surface area contributed by atoms with Gasteiger partial charge in [-0.15, -0.1) is 0 Å². The van der Waals surface area contributed by atoms with Gasteiger partial charge in [-0.05, 0) is 47.5 Å². The van der Waals surface area contributed by atoms with Gasteiger partial charge in [0.25, 0.3) is 11.8 Å². The quantitative estimate of drug-likeness (QED) is 0.271. The Morgan fingerprint density at radius 2 is 0.895 bits per heavy atom. The monoisotopic (exact) mass is 494 g/mol. The van der Waals surface area contributed by atoms with Gasteiger partial charge < -0.3 is 10.6 Å². The number of rotatable bonds is 5. The first kappa shape index (κ1) is 23.1. The molecule has 38 heavy (non-hydrogen) atoms. The molecule has 0 aliphatic heterocycles. The number of aromatic nitrogens is 2. The van der Waals surface area contributed by atoms with Crippen LogP contribution in [0.2, 0.25) is 0 Å². The van der Waals surface area contributed by atoms with E-state index in [0.29, 0.717) is 44.7 Å². The predicted molar refractivity (Wildman–Crippen MR) is 151 cm³/mol. The van der Waals surface area contributed by atoms with E-state index in [2.05, 4.69) is 20.6 Å². The van der Waals surface area contributed by atoms with Gasteiger partial charge in [0.05, 0.1) is 22.4 Å². The molecular formula is C32H22N4O2. The van der Waals surface area contributed by atoms with E-state index >= 15 is 0 Å². The lowest BCUT2D eigenvalue weighted by molar-refractivity contribution is 0.101. The summed E-state index contributed by atoms with van der Waals surface area (Å²) >= 11 is 0. The van der Waals surface area contributed by atoms with Crippen LogP contribution in [0.25, 0.3) is 32.9 Å². The third-order valence-electron chi connectivity index (χ3n) is 6.40. The molecule has 6 rings (SSSR count). The first-order valence-corrected chi connectivity index (χ1v) is 12.2. The number of anilines is 2. The summed E-state index contributed by atoms with van der Waals surface area (Å²) < 4.78 is 0. The number of nitrogens with one attached hydrogen (secondary N) is 2. The van der Waals surface area contributed by atoms with Crippen molar-refractivity contribution in [3.05, 3.63) is 133 Å². The minimum atomic E-state index is -0.285. The summed E-state index contributed by atoms with van der Waals surface area (Å²) in [6, 6.07) is 33.5. The molecule has 0 fully saturated rings. The molecule has 0 bridgehead atoms. The molecule has 0 spiro atoms. The maximum Gasteiger partial charge on any atom is 0.256 e. The Hall–Kier alpha value is -5.36. The molecule has 4 aromatic carbocycles. The average molecular weight is 495 g/mol. The zero-order valence-corrected chi connectivity index (χ0v) is 20.3. The smallest absolute Gasteiger partial charge is 0.256 e. The van der Waals surface area contributed by atoms with Crippen LogP contribution in [-0.4, -0.2) is 21.8 Å². The van der Waals surface area contributed by atoms with Crippen LogP contribution in [0.1, 0.15) is 20.7 Å². The highest BCUT2D eigenvalue weighted by molar-refractivity contribution is 6.15. The largest absolute Gasteiger partial charge is 0.320 e. The molecule has 0 unspecified atom stereocenters. The van der Waals surface area contributed by atoms with E-state index in [1.165, 1.54) is 0 Å². The van der Waals surface area contributed by atoms with Crippen molar-refractivity contribution in [2.45, 2.75) is 0 Å². The van der Waals surface area contributed by atoms with Crippen LogP contribution in [0, 0.1) is 0 Å². The second kappa shape index (κ2) is 9.95. The number of carbonyl (C=O) groups is 2. The Balaban J connectivity index is 1.36. The van der Waals surface area contributed by atoms with Gasteiger partial charge in [0, 0.05) is 34.3 Å². The van der Waals surface area contributed by atoms with Crippen LogP contribution in [0.3, 0.4) is 0 Å². The van der Waals surface area contributed by atoms with Crippen LogP contribution < -0.4 is 10.6 Å². The molecule has 6 heteroatoms. The van der Waals surface area contributed by atoms with E-state index in [0.717, 1.165) is 10.8 Å². The van der Waals surface area contributed by atoms with E-state index in [-0.39, 0.29) is 11.8 Å². The zero-order chi connectivity index (χ0) is 25.9. The van der Waals surface area contributed by atoms with Crippen molar-refractivity contribution in [3.8, 4) is 11.1 Å². The Bertz CT molecular complexity index is 1680. The second-order valence-electron chi connectivity index (χ2n) is 8.76. The summed E-state index contributed by atoms with van der Waals surface area (Å²) in [5.41, 5.74) is 4.88. The first-order chi connectivity index (χ1) is 18.7. The number of hydrogen-bond acceptors (Lipinski definition) is 4. The Morgan fingerprint density at radius 1 is 0.474 bits per heavy atom. The lowest BCUT2D eigenvalue weighted by atomic mass is 9.94. The van der Waals surface area contributed by atoms with Gasteiger partial charge in [-0.3, -0.25) is 19.6 Å². The number of benzene rings is 4. The summed E-state index contributed by atoms with van der Waals surface area (Å²) in [7, 11) is 0. The van der Waals surface area contributed by atoms with Gasteiger partial charge in [0.1, 0.15) is 0 Å². The number of hydrogen-bond donors (Lipinski definition) is 2. The van der Waals surface area contributed by atoms with Crippen molar-refractivity contribution < 1.29 is 9.59 Å². The zero-order valence-electron chi connectivity index (χ0n) is 20.3. The van der Waals surface area contributed by atoms with Crippen molar-refractivity contribution in [2.75, 3.05) is 10.6 Å². The number of amides is 2. The number of carbonyl (C=O) groups excluding carboxylic acids is 2. The summed E-state index contributed by atoms with van der Waals surface area (Å²) in [6.07, 6.45) is 3.40. The fraction of sp³-hybridized carbons (Fsp3) is 0. The molecule has 0 aliphatic rings. The Kier molecular flexibility index (Phi) is 6.04. The summed E-state index contributed by atoms with van der Waals surface area (Å²) in [6.45, 7) is 0. The van der Waals surface area contributed by atoms with Crippen molar-refractivity contribution in [1.29, 1.82) is 0 Å². The molecule has 182 valence electrons. The van der Waals surface area contributed by atoms with Gasteiger partial charge in [-0.25, -0.2) is 0 Å². The molecular weight excluding hydrogens is 472 g/mol. The van der Waals surface area contributed by atoms with Crippen LogP contribution in [-0.2, 0) is 0 Å². The predicted octanol–water partition coefficient (Wildman–Crippen LogP) is 6.95. The standard InChI is InChI=1S/C32H22N4O2/c37-31(35-27-17-5-9-21-11-7-19-33-29(21)27)25-15-3-1-13-23(25)24-14-2-4-16-26(24)32(38)36-28-18-6-10-22-12-8-20-34-30(22)28/h1-20H,(H,35,37)(H,36,38). The Labute approximate surface area is 219 Å². The van der Waals surface area contributed by atoms with E-state index in [1.54, 1.807) is 24.5 Å². The van der Waals surface area contributed by atoms with E-state index < -0.39 is 0 Å². The minimum Gasteiger partial charge on any atom is -0.320 e. The Morgan fingerprint density at radius 3 is 1.37 bits per heavy atom. The normalized spacial score (nSPS) is 10.8. The van der Waals surface area contributed by atoms with Crippen molar-refractivity contribution in [3.63, 3.8) is 0 Å². The average Bonchev–Trinajstić information content (AvgIpc) is 2.97. The van der Waals surface area contributed by atoms with Gasteiger partial charge in [0.15, 0.2) is 0 Å². The lowest BCUT2D eigenvalue weighted by Gasteiger charge is -2.15. The van der Waals surface area contributed by atoms with Gasteiger partial charge >= 0.3 is 0 Å². The van der Waals surface area contributed by atoms with E-state index in [9.17, 15) is 9.59 Å². The third kappa shape index (κ3) is 4.35. The van der Waals surface area contributed by atoms with Gasteiger partial charge in [-0.2, -0.15) is 0 Å². The van der Waals surface area contributed by atoms with Crippen LogP contribution in [0.4, 0.5) is 11.4 Å². The highest BCUT2D eigenvalue weighted by Gasteiger charge is 2.19. The second-order valence-corrected chi connectivity index (χ2v) is 8.76. The lowest BCUT2D eigenvalue weighted by Crippen LogP contribution is -2.16. The molecule has 2 heterocycles. The molecule has 2 N–H and O–H groups in total. The highest BCUT2D eigenvalue weighted by atomic mass is 16.2. The number of pyridine rings is 2. The van der Waals surface area contributed by atoms with E-state index in [4.69, 9.17) is 0 Å². The fourth-order valence-corrected chi connectivity index (χ4v) is 4.62. The SMILES string of the molecule is O=C(Nc1cccc2cccnc12)c1ccccc1-c1ccccc1C(=O)Nc1cccc2cccnc12. The maximum absolute atomic E-state index is 13.5. The van der Waals surface area contributed by atoms with Crippen molar-refractivity contribution in [1.82, 2.24) is 9.97 Å². The molecule has 0 saturated heterocycles. The van der Waals surface area contributed by atoms with Crippen molar-refractivity contribution in [2.24, 2.45) is 0 Å². The number of fused-ring (bicyclic) bond motifs is 2. The van der Waals surface area contributed by atoms with Gasteiger partial charge in [-0.1, -0.05) is 72.8 Å². The van der Waals surface area contributed by atoms with Gasteiger partial charge in [0.2, 0.25) is 0 Å². The number of para-hydroxylation sites is 2. The van der Waals surface area contributed by atoms with Crippen LogP contribution >= 0.6 is 0 Å². The van der Waals surface area contributed by atoms with E-state index in [1.807, 2.05) is 97.1 Å². The molecule has 0 atom stereocenters. The highest BCUT2D eigenvalue weighted by Crippen LogP contribution is 2.30. The van der Waals surface area contributed by atoms with Crippen molar-refractivity contribution >= 4 is 45.0 Å². The summed E-state index contributed by atoms with van der Waals surface area (Å²) in [4.78, 5) is 35.9. The summed E-state index contributed by atoms with van der Waals surface area (Å²) in [5, 5.41) is 7.89. The molecule has 0 saturated carbocycles. The maximum atomic E-state index is 13.5. The first-order valence-electron chi connectivity index (χ1n) is 12.2. The topological polar surface area (TPSA) is 84.0 Å². The molecule has 6 nitrogen and oxygen atoms in total. The fourth-order valence-electron chi connectivity index (χ4n) is 4.62. The molecule has 0 radical (unpaired) electrons. The third-order valence-corrected chi connectivity index (χ3v) is 6.40. The van der Waals surface area contributed by atoms with Crippen LogP contribution in [0.15, 0.2) is 122 Å². The number of nitrogens with zero attached hydrogens (tertiary/aromatic N) is 2.